The van der Waals surface area contributed by atoms with Gasteiger partial charge in [-0.3, -0.25) is 0 Å². The highest BCUT2D eigenvalue weighted by molar-refractivity contribution is 9.10. The van der Waals surface area contributed by atoms with Gasteiger partial charge in [0.2, 0.25) is 0 Å². The summed E-state index contributed by atoms with van der Waals surface area (Å²) in [6.45, 7) is 0.428. The molecule has 132 valence electrons. The highest BCUT2D eigenvalue weighted by atomic mass is 79.9. The van der Waals surface area contributed by atoms with Gasteiger partial charge in [0.25, 0.3) is 0 Å². The van der Waals surface area contributed by atoms with E-state index in [0.717, 1.165) is 5.56 Å². The quantitative estimate of drug-likeness (QED) is 0.764. The molecular weight excluding hydrogens is 388 g/mol. The molecule has 0 saturated carbocycles. The van der Waals surface area contributed by atoms with Crippen LogP contribution >= 0.6 is 15.9 Å². The Bertz CT molecular complexity index is 743. The number of hydrogen-bond acceptors (Lipinski definition) is 5. The van der Waals surface area contributed by atoms with Crippen LogP contribution in [0.2, 0.25) is 0 Å². The first-order valence-electron chi connectivity index (χ1n) is 7.98. The number of hydrogen-bond donors (Lipinski definition) is 2. The molecule has 1 aromatic carbocycles. The Morgan fingerprint density at radius 2 is 2.04 bits per heavy atom. The van der Waals surface area contributed by atoms with E-state index in [1.807, 2.05) is 30.3 Å². The van der Waals surface area contributed by atoms with Crippen LogP contribution in [0, 0.1) is 0 Å². The van der Waals surface area contributed by atoms with E-state index in [1.54, 1.807) is 18.2 Å². The van der Waals surface area contributed by atoms with Crippen LogP contribution in [0.3, 0.4) is 0 Å². The van der Waals surface area contributed by atoms with Gasteiger partial charge in [-0.25, -0.2) is 9.78 Å². The van der Waals surface area contributed by atoms with Gasteiger partial charge >= 0.3 is 6.09 Å². The largest absolute Gasteiger partial charge is 0.445 e. The molecular formula is C18H19BrN2O4. The fourth-order valence-electron chi connectivity index (χ4n) is 2.85. The fraction of sp³-hybridized carbons (Fsp3) is 0.333. The summed E-state index contributed by atoms with van der Waals surface area (Å²) in [5, 5.41) is 21.3. The number of carbonyl (C=O) groups is 1. The molecule has 0 radical (unpaired) electrons. The summed E-state index contributed by atoms with van der Waals surface area (Å²) in [5.41, 5.74) is -0.213. The van der Waals surface area contributed by atoms with Gasteiger partial charge in [-0.2, -0.15) is 0 Å². The van der Waals surface area contributed by atoms with Crippen LogP contribution in [0.15, 0.2) is 53.1 Å². The second-order valence-corrected chi connectivity index (χ2v) is 6.83. The molecule has 2 heterocycles. The lowest BCUT2D eigenvalue weighted by Crippen LogP contribution is -2.55. The lowest BCUT2D eigenvalue weighted by molar-refractivity contribution is -0.123. The summed E-state index contributed by atoms with van der Waals surface area (Å²) >= 11 is 3.26. The number of β-amino-alcohol motifs (C(OH)–C–C–N with tert-alkyl or cyclic N) is 1. The number of benzene rings is 1. The van der Waals surface area contributed by atoms with Crippen molar-refractivity contribution >= 4 is 22.0 Å². The van der Waals surface area contributed by atoms with Crippen molar-refractivity contribution in [2.24, 2.45) is 0 Å². The van der Waals surface area contributed by atoms with E-state index in [1.165, 1.54) is 4.90 Å². The van der Waals surface area contributed by atoms with E-state index in [2.05, 4.69) is 20.9 Å². The average Bonchev–Trinajstić information content (AvgIpc) is 2.63. The van der Waals surface area contributed by atoms with Gasteiger partial charge in [-0.05, 0) is 33.6 Å². The van der Waals surface area contributed by atoms with Crippen molar-refractivity contribution in [2.45, 2.75) is 24.7 Å². The van der Waals surface area contributed by atoms with Gasteiger partial charge in [0.05, 0.1) is 12.2 Å². The average molecular weight is 407 g/mol. The number of aromatic nitrogens is 1. The highest BCUT2D eigenvalue weighted by Crippen LogP contribution is 2.32. The van der Waals surface area contributed by atoms with Crippen LogP contribution in [0.1, 0.15) is 17.7 Å². The Kier molecular flexibility index (Phi) is 5.36. The molecule has 1 aliphatic heterocycles. The van der Waals surface area contributed by atoms with Crippen LogP contribution in [-0.4, -0.2) is 45.4 Å². The standard InChI is InChI=1S/C18H19BrN2O4/c19-16-8-4-7-14(20-16)18(24)9-10-21(11-15(18)22)17(23)25-12-13-5-2-1-3-6-13/h1-8,15,22,24H,9-12H2/t15-,18-/m0/s1. The van der Waals surface area contributed by atoms with E-state index in [0.29, 0.717) is 10.3 Å². The topological polar surface area (TPSA) is 82.9 Å². The fourth-order valence-corrected chi connectivity index (χ4v) is 3.19. The van der Waals surface area contributed by atoms with Crippen molar-refractivity contribution in [1.29, 1.82) is 0 Å². The van der Waals surface area contributed by atoms with Gasteiger partial charge in [0.1, 0.15) is 22.9 Å². The number of piperidine rings is 1. The Hall–Kier alpha value is -1.96. The van der Waals surface area contributed by atoms with Gasteiger partial charge in [-0.15, -0.1) is 0 Å². The molecule has 7 heteroatoms. The van der Waals surface area contributed by atoms with Crippen molar-refractivity contribution in [2.75, 3.05) is 13.1 Å². The first-order valence-corrected chi connectivity index (χ1v) is 8.77. The molecule has 0 unspecified atom stereocenters. The monoisotopic (exact) mass is 406 g/mol. The molecule has 1 amide bonds. The number of nitrogens with zero attached hydrogens (tertiary/aromatic N) is 2. The molecule has 3 rings (SSSR count). The third-order valence-corrected chi connectivity index (χ3v) is 4.77. The Morgan fingerprint density at radius 3 is 2.72 bits per heavy atom. The Morgan fingerprint density at radius 1 is 1.28 bits per heavy atom. The highest BCUT2D eigenvalue weighted by Gasteiger charge is 2.44. The first kappa shape index (κ1) is 17.8. The zero-order valence-corrected chi connectivity index (χ0v) is 15.1. The van der Waals surface area contributed by atoms with Gasteiger partial charge in [0, 0.05) is 13.0 Å². The SMILES string of the molecule is O=C(OCc1ccccc1)N1CC[C@](O)(c2cccc(Br)n2)[C@@H](O)C1. The molecule has 2 aromatic rings. The van der Waals surface area contributed by atoms with Gasteiger partial charge < -0.3 is 19.8 Å². The summed E-state index contributed by atoms with van der Waals surface area (Å²) in [6.07, 6.45) is -1.47. The number of pyridine rings is 1. The maximum Gasteiger partial charge on any atom is 0.410 e. The lowest BCUT2D eigenvalue weighted by Gasteiger charge is -2.41. The van der Waals surface area contributed by atoms with Crippen molar-refractivity contribution in [3.63, 3.8) is 0 Å². The molecule has 6 nitrogen and oxygen atoms in total. The number of ether oxygens (including phenoxy) is 1. The van der Waals surface area contributed by atoms with Gasteiger partial charge in [-0.1, -0.05) is 36.4 Å². The Balaban J connectivity index is 1.62. The molecule has 1 aromatic heterocycles. The minimum absolute atomic E-state index is 0.0156. The number of halogens is 1. The third-order valence-electron chi connectivity index (χ3n) is 4.33. The van der Waals surface area contributed by atoms with Crippen molar-refractivity contribution < 1.29 is 19.7 Å². The van der Waals surface area contributed by atoms with Gasteiger partial charge in [0.15, 0.2) is 0 Å². The van der Waals surface area contributed by atoms with Crippen LogP contribution < -0.4 is 0 Å². The lowest BCUT2D eigenvalue weighted by atomic mass is 9.85. The second kappa shape index (κ2) is 7.51. The summed E-state index contributed by atoms with van der Waals surface area (Å²) in [5.74, 6) is 0. The number of carbonyl (C=O) groups excluding carboxylic acids is 1. The molecule has 2 N–H and O–H groups in total. The molecule has 1 fully saturated rings. The van der Waals surface area contributed by atoms with E-state index >= 15 is 0 Å². The maximum absolute atomic E-state index is 12.2. The minimum atomic E-state index is -1.49. The zero-order valence-electron chi connectivity index (χ0n) is 13.5. The van der Waals surface area contributed by atoms with Crippen LogP contribution in [0.5, 0.6) is 0 Å². The first-order chi connectivity index (χ1) is 12.0. The van der Waals surface area contributed by atoms with Crippen molar-refractivity contribution in [1.82, 2.24) is 9.88 Å². The van der Waals surface area contributed by atoms with Crippen LogP contribution in [0.4, 0.5) is 4.79 Å². The summed E-state index contributed by atoms with van der Waals surface area (Å²) < 4.78 is 5.86. The predicted octanol–water partition coefficient (Wildman–Crippen LogP) is 2.44. The van der Waals surface area contributed by atoms with Crippen LogP contribution in [-0.2, 0) is 16.9 Å². The smallest absolute Gasteiger partial charge is 0.410 e. The summed E-state index contributed by atoms with van der Waals surface area (Å²) in [4.78, 5) is 17.8. The molecule has 1 aliphatic rings. The van der Waals surface area contributed by atoms with E-state index in [-0.39, 0.29) is 26.1 Å². The zero-order chi connectivity index (χ0) is 17.9. The number of aliphatic hydroxyl groups excluding tert-OH is 1. The molecule has 25 heavy (non-hydrogen) atoms. The number of rotatable bonds is 3. The van der Waals surface area contributed by atoms with Crippen molar-refractivity contribution in [3.8, 4) is 0 Å². The number of likely N-dealkylation sites (tertiary alicyclic amines) is 1. The predicted molar refractivity (Wildman–Crippen MR) is 94.7 cm³/mol. The number of amides is 1. The maximum atomic E-state index is 12.2. The summed E-state index contributed by atoms with van der Waals surface area (Å²) in [6, 6.07) is 14.5. The molecule has 0 bridgehead atoms. The van der Waals surface area contributed by atoms with E-state index in [9.17, 15) is 15.0 Å². The second-order valence-electron chi connectivity index (χ2n) is 6.02. The van der Waals surface area contributed by atoms with E-state index < -0.39 is 17.8 Å². The third kappa shape index (κ3) is 4.00. The molecule has 1 saturated heterocycles. The summed E-state index contributed by atoms with van der Waals surface area (Å²) in [7, 11) is 0. The minimum Gasteiger partial charge on any atom is -0.445 e. The van der Waals surface area contributed by atoms with Crippen molar-refractivity contribution in [3.05, 3.63) is 64.4 Å². The molecule has 2 atom stereocenters. The van der Waals surface area contributed by atoms with E-state index in [4.69, 9.17) is 4.74 Å². The Labute approximate surface area is 154 Å². The van der Waals surface area contributed by atoms with Crippen LogP contribution in [0.25, 0.3) is 0 Å². The number of aliphatic hydroxyl groups is 2. The normalized spacial score (nSPS) is 23.3. The molecule has 0 aliphatic carbocycles. The molecule has 0 spiro atoms.